The lowest BCUT2D eigenvalue weighted by Gasteiger charge is -2.11. The number of pyridine rings is 1. The molecule has 1 aliphatic heterocycles. The molecular formula is C12H18N2. The van der Waals surface area contributed by atoms with Crippen molar-refractivity contribution < 1.29 is 0 Å². The largest absolute Gasteiger partial charge is 0.316 e. The van der Waals surface area contributed by atoms with E-state index in [-0.39, 0.29) is 0 Å². The molecule has 14 heavy (non-hydrogen) atoms. The molecule has 76 valence electrons. The molecule has 0 aliphatic carbocycles. The van der Waals surface area contributed by atoms with Crippen molar-refractivity contribution in [2.45, 2.75) is 26.7 Å². The van der Waals surface area contributed by atoms with E-state index in [1.54, 1.807) is 0 Å². The van der Waals surface area contributed by atoms with E-state index in [0.29, 0.717) is 0 Å². The molecule has 2 heteroatoms. The summed E-state index contributed by atoms with van der Waals surface area (Å²) in [5.74, 6) is 0.829. The van der Waals surface area contributed by atoms with E-state index in [2.05, 4.69) is 30.2 Å². The van der Waals surface area contributed by atoms with Crippen molar-refractivity contribution >= 4 is 0 Å². The molecule has 2 rings (SSSR count). The van der Waals surface area contributed by atoms with Gasteiger partial charge in [0.1, 0.15) is 0 Å². The molecule has 1 unspecified atom stereocenters. The summed E-state index contributed by atoms with van der Waals surface area (Å²) in [6, 6.07) is 2.17. The van der Waals surface area contributed by atoms with Crippen LogP contribution in [0.3, 0.4) is 0 Å². The lowest BCUT2D eigenvalue weighted by molar-refractivity contribution is 0.578. The highest BCUT2D eigenvalue weighted by molar-refractivity contribution is 5.28. The smallest absolute Gasteiger partial charge is 0.0404 e. The van der Waals surface area contributed by atoms with Gasteiger partial charge in [-0.1, -0.05) is 0 Å². The molecule has 2 nitrogen and oxygen atoms in total. The maximum absolute atomic E-state index is 4.30. The van der Waals surface area contributed by atoms with Crippen LogP contribution in [0, 0.1) is 19.8 Å². The molecule has 1 atom stereocenters. The van der Waals surface area contributed by atoms with Crippen LogP contribution < -0.4 is 5.32 Å². The van der Waals surface area contributed by atoms with Crippen LogP contribution in [-0.4, -0.2) is 18.1 Å². The Morgan fingerprint density at radius 3 is 3.07 bits per heavy atom. The first-order valence-electron chi connectivity index (χ1n) is 5.39. The average molecular weight is 190 g/mol. The van der Waals surface area contributed by atoms with Crippen LogP contribution in [0.1, 0.15) is 23.2 Å². The van der Waals surface area contributed by atoms with Gasteiger partial charge >= 0.3 is 0 Å². The van der Waals surface area contributed by atoms with Crippen LogP contribution in [0.2, 0.25) is 0 Å². The molecule has 0 saturated carbocycles. The minimum atomic E-state index is 0.829. The van der Waals surface area contributed by atoms with Gasteiger partial charge in [0.05, 0.1) is 0 Å². The maximum atomic E-state index is 4.30. The fourth-order valence-corrected chi connectivity index (χ4v) is 2.11. The number of rotatable bonds is 2. The summed E-state index contributed by atoms with van der Waals surface area (Å²) in [5, 5.41) is 3.41. The summed E-state index contributed by atoms with van der Waals surface area (Å²) in [6.07, 6.45) is 4.46. The first-order valence-corrected chi connectivity index (χ1v) is 5.39. The third-order valence-electron chi connectivity index (χ3n) is 3.24. The zero-order chi connectivity index (χ0) is 9.97. The molecule has 1 saturated heterocycles. The Morgan fingerprint density at radius 2 is 2.36 bits per heavy atom. The van der Waals surface area contributed by atoms with Crippen molar-refractivity contribution in [3.63, 3.8) is 0 Å². The molecule has 1 aromatic heterocycles. The van der Waals surface area contributed by atoms with Gasteiger partial charge in [0.2, 0.25) is 0 Å². The van der Waals surface area contributed by atoms with E-state index in [4.69, 9.17) is 0 Å². The van der Waals surface area contributed by atoms with Gasteiger partial charge in [-0.3, -0.25) is 4.98 Å². The van der Waals surface area contributed by atoms with E-state index in [1.165, 1.54) is 42.8 Å². The minimum Gasteiger partial charge on any atom is -0.316 e. The van der Waals surface area contributed by atoms with Gasteiger partial charge in [0.15, 0.2) is 0 Å². The lowest BCUT2D eigenvalue weighted by Crippen LogP contribution is -2.11. The number of hydrogen-bond acceptors (Lipinski definition) is 2. The molecule has 1 aromatic rings. The SMILES string of the molecule is Cc1nccc(CC2CCNC2)c1C. The third-order valence-corrected chi connectivity index (χ3v) is 3.24. The number of aromatic nitrogens is 1. The highest BCUT2D eigenvalue weighted by Gasteiger charge is 2.15. The topological polar surface area (TPSA) is 24.9 Å². The third kappa shape index (κ3) is 1.95. The second-order valence-electron chi connectivity index (χ2n) is 4.24. The van der Waals surface area contributed by atoms with E-state index < -0.39 is 0 Å². The minimum absolute atomic E-state index is 0.829. The lowest BCUT2D eigenvalue weighted by atomic mass is 9.95. The normalized spacial score (nSPS) is 21.4. The number of hydrogen-bond donors (Lipinski definition) is 1. The van der Waals surface area contributed by atoms with Crippen LogP contribution in [0.15, 0.2) is 12.3 Å². The second kappa shape index (κ2) is 4.09. The Morgan fingerprint density at radius 1 is 1.50 bits per heavy atom. The Hall–Kier alpha value is -0.890. The van der Waals surface area contributed by atoms with Crippen LogP contribution in [0.25, 0.3) is 0 Å². The Labute approximate surface area is 85.7 Å². The number of aryl methyl sites for hydroxylation is 1. The summed E-state index contributed by atoms with van der Waals surface area (Å²) < 4.78 is 0. The van der Waals surface area contributed by atoms with Gasteiger partial charge < -0.3 is 5.32 Å². The molecule has 0 bridgehead atoms. The van der Waals surface area contributed by atoms with E-state index >= 15 is 0 Å². The van der Waals surface area contributed by atoms with E-state index in [1.807, 2.05) is 6.20 Å². The van der Waals surface area contributed by atoms with E-state index in [0.717, 1.165) is 5.92 Å². The Balaban J connectivity index is 2.11. The second-order valence-corrected chi connectivity index (χ2v) is 4.24. The zero-order valence-electron chi connectivity index (χ0n) is 9.01. The van der Waals surface area contributed by atoms with Crippen LogP contribution in [-0.2, 0) is 6.42 Å². The summed E-state index contributed by atoms with van der Waals surface area (Å²) in [5.41, 5.74) is 4.03. The van der Waals surface area contributed by atoms with Gasteiger partial charge in [0.25, 0.3) is 0 Å². The van der Waals surface area contributed by atoms with Crippen molar-refractivity contribution in [2.24, 2.45) is 5.92 Å². The van der Waals surface area contributed by atoms with Gasteiger partial charge in [-0.15, -0.1) is 0 Å². The molecule has 1 fully saturated rings. The maximum Gasteiger partial charge on any atom is 0.0404 e. The van der Waals surface area contributed by atoms with Crippen LogP contribution in [0.4, 0.5) is 0 Å². The van der Waals surface area contributed by atoms with Crippen molar-refractivity contribution in [1.29, 1.82) is 0 Å². The molecule has 1 N–H and O–H groups in total. The van der Waals surface area contributed by atoms with Crippen molar-refractivity contribution in [3.8, 4) is 0 Å². The average Bonchev–Trinajstić information content (AvgIpc) is 2.66. The van der Waals surface area contributed by atoms with Gasteiger partial charge in [-0.25, -0.2) is 0 Å². The molecule has 0 aromatic carbocycles. The Bertz CT molecular complexity index is 314. The predicted molar refractivity (Wildman–Crippen MR) is 58.4 cm³/mol. The number of nitrogens with one attached hydrogen (secondary N) is 1. The van der Waals surface area contributed by atoms with Crippen molar-refractivity contribution in [3.05, 3.63) is 29.1 Å². The molecule has 2 heterocycles. The first-order chi connectivity index (χ1) is 6.77. The zero-order valence-corrected chi connectivity index (χ0v) is 9.01. The van der Waals surface area contributed by atoms with Crippen LogP contribution in [0.5, 0.6) is 0 Å². The summed E-state index contributed by atoms with van der Waals surface area (Å²) >= 11 is 0. The molecule has 0 amide bonds. The fourth-order valence-electron chi connectivity index (χ4n) is 2.11. The molecule has 0 spiro atoms. The van der Waals surface area contributed by atoms with Gasteiger partial charge in [0, 0.05) is 11.9 Å². The molecular weight excluding hydrogens is 172 g/mol. The molecule has 0 radical (unpaired) electrons. The first kappa shape index (κ1) is 9.66. The highest BCUT2D eigenvalue weighted by atomic mass is 14.9. The fraction of sp³-hybridized carbons (Fsp3) is 0.583. The predicted octanol–water partition coefficient (Wildman–Crippen LogP) is 1.85. The quantitative estimate of drug-likeness (QED) is 0.770. The highest BCUT2D eigenvalue weighted by Crippen LogP contribution is 2.18. The molecule has 1 aliphatic rings. The summed E-state index contributed by atoms with van der Waals surface area (Å²) in [4.78, 5) is 4.30. The monoisotopic (exact) mass is 190 g/mol. The van der Waals surface area contributed by atoms with Gasteiger partial charge in [-0.05, 0) is 62.9 Å². The van der Waals surface area contributed by atoms with E-state index in [9.17, 15) is 0 Å². The Kier molecular flexibility index (Phi) is 2.82. The summed E-state index contributed by atoms with van der Waals surface area (Å²) in [7, 11) is 0. The van der Waals surface area contributed by atoms with Gasteiger partial charge in [-0.2, -0.15) is 0 Å². The summed E-state index contributed by atoms with van der Waals surface area (Å²) in [6.45, 7) is 6.64. The van der Waals surface area contributed by atoms with Crippen molar-refractivity contribution in [2.75, 3.05) is 13.1 Å². The van der Waals surface area contributed by atoms with Crippen LogP contribution >= 0.6 is 0 Å². The number of nitrogens with zero attached hydrogens (tertiary/aromatic N) is 1. The van der Waals surface area contributed by atoms with Crippen molar-refractivity contribution in [1.82, 2.24) is 10.3 Å². The standard InChI is InChI=1S/C12H18N2/c1-9-10(2)14-6-4-12(9)7-11-3-5-13-8-11/h4,6,11,13H,3,5,7-8H2,1-2H3.